The van der Waals surface area contributed by atoms with Gasteiger partial charge in [0.15, 0.2) is 5.96 Å². The number of carbonyl (C=O) groups is 6. The van der Waals surface area contributed by atoms with Gasteiger partial charge in [-0.15, -0.1) is 0 Å². The Balaban J connectivity index is 5.48. The quantitative estimate of drug-likeness (QED) is 0.0514. The lowest BCUT2D eigenvalue weighted by Gasteiger charge is -2.25. The fourth-order valence-electron chi connectivity index (χ4n) is 2.93. The highest BCUT2D eigenvalue weighted by molar-refractivity contribution is 5.97. The molecule has 36 heavy (non-hydrogen) atoms. The van der Waals surface area contributed by atoms with E-state index in [4.69, 9.17) is 28.0 Å². The van der Waals surface area contributed by atoms with Gasteiger partial charge in [-0.3, -0.25) is 29.0 Å². The first-order valence-corrected chi connectivity index (χ1v) is 11.1. The topological polar surface area (TPSA) is 295 Å². The summed E-state index contributed by atoms with van der Waals surface area (Å²) in [5.74, 6) is -7.39. The predicted molar refractivity (Wildman–Crippen MR) is 127 cm³/mol. The molecule has 0 radical (unpaired) electrons. The summed E-state index contributed by atoms with van der Waals surface area (Å²) in [6, 6.07) is -5.73. The number of rotatable bonds is 17. The summed E-state index contributed by atoms with van der Waals surface area (Å²) in [5, 5.41) is 25.1. The number of hydrogen-bond donors (Lipinski definition) is 9. The fraction of sp³-hybridized carbons (Fsp3) is 0.650. The molecular weight excluding hydrogens is 480 g/mol. The molecule has 0 aromatic carbocycles. The standard InChI is InChI=1S/C20H36N8O8/c1-3-9(2)15(19(35)36)28-18(34)12(8-14(30)31)27-17(33)11(7-13(22)29)26-16(32)10(21)5-4-6-25-20(23)24/h9-12,15H,3-8,21H2,1-2H3,(H2,22,29)(H,26,32)(H,27,33)(H,28,34)(H,30,31)(H,35,36)(H4,23,24,25). The van der Waals surface area contributed by atoms with E-state index in [0.717, 1.165) is 0 Å². The van der Waals surface area contributed by atoms with Crippen molar-refractivity contribution in [3.05, 3.63) is 0 Å². The number of carboxylic acid groups (broad SMARTS) is 2. The van der Waals surface area contributed by atoms with E-state index in [1.165, 1.54) is 0 Å². The van der Waals surface area contributed by atoms with E-state index in [0.29, 0.717) is 12.8 Å². The molecule has 0 saturated heterocycles. The second kappa shape index (κ2) is 15.9. The molecule has 16 heteroatoms. The number of nitrogens with one attached hydrogen (secondary N) is 3. The van der Waals surface area contributed by atoms with E-state index in [-0.39, 0.29) is 18.9 Å². The Kier molecular flexibility index (Phi) is 14.1. The molecule has 13 N–H and O–H groups in total. The van der Waals surface area contributed by atoms with Crippen molar-refractivity contribution in [3.8, 4) is 0 Å². The van der Waals surface area contributed by atoms with Crippen molar-refractivity contribution in [2.24, 2.45) is 33.8 Å². The minimum absolute atomic E-state index is 0.129. The average Bonchev–Trinajstić information content (AvgIpc) is 2.77. The van der Waals surface area contributed by atoms with Gasteiger partial charge in [0, 0.05) is 6.54 Å². The van der Waals surface area contributed by atoms with Crippen LogP contribution in [0.5, 0.6) is 0 Å². The molecule has 0 spiro atoms. The van der Waals surface area contributed by atoms with Crippen molar-refractivity contribution in [3.63, 3.8) is 0 Å². The highest BCUT2D eigenvalue weighted by Gasteiger charge is 2.33. The van der Waals surface area contributed by atoms with Crippen molar-refractivity contribution in [1.82, 2.24) is 16.0 Å². The van der Waals surface area contributed by atoms with Crippen LogP contribution in [0, 0.1) is 5.92 Å². The first-order chi connectivity index (χ1) is 16.7. The number of aliphatic carboxylic acids is 2. The molecule has 204 valence electrons. The average molecular weight is 517 g/mol. The van der Waals surface area contributed by atoms with E-state index in [2.05, 4.69) is 20.9 Å². The molecule has 16 nitrogen and oxygen atoms in total. The Hall–Kier alpha value is -3.95. The van der Waals surface area contributed by atoms with Crippen molar-refractivity contribution >= 4 is 41.5 Å². The van der Waals surface area contributed by atoms with Crippen LogP contribution in [0.1, 0.15) is 46.0 Å². The van der Waals surface area contributed by atoms with Gasteiger partial charge in [0.2, 0.25) is 23.6 Å². The maximum Gasteiger partial charge on any atom is 0.326 e. The van der Waals surface area contributed by atoms with E-state index in [1.54, 1.807) is 13.8 Å². The SMILES string of the molecule is CCC(C)C(NC(=O)C(CC(=O)O)NC(=O)C(CC(N)=O)NC(=O)C(N)CCCN=C(N)N)C(=O)O. The number of nitrogens with zero attached hydrogens (tertiary/aromatic N) is 1. The van der Waals surface area contributed by atoms with E-state index >= 15 is 0 Å². The largest absolute Gasteiger partial charge is 0.481 e. The third kappa shape index (κ3) is 12.5. The molecule has 0 rings (SSSR count). The summed E-state index contributed by atoms with van der Waals surface area (Å²) in [5.41, 5.74) is 21.3. The second-order valence-electron chi connectivity index (χ2n) is 8.16. The van der Waals surface area contributed by atoms with Crippen LogP contribution in [-0.4, -0.2) is 82.5 Å². The first kappa shape index (κ1) is 32.0. The molecule has 5 unspecified atom stereocenters. The molecule has 0 aliphatic rings. The van der Waals surface area contributed by atoms with Crippen LogP contribution < -0.4 is 38.9 Å². The van der Waals surface area contributed by atoms with Gasteiger partial charge in [0.25, 0.3) is 0 Å². The summed E-state index contributed by atoms with van der Waals surface area (Å²) >= 11 is 0. The van der Waals surface area contributed by atoms with Crippen LogP contribution in [0.2, 0.25) is 0 Å². The van der Waals surface area contributed by atoms with Gasteiger partial charge in [0.05, 0.1) is 18.9 Å². The highest BCUT2D eigenvalue weighted by Crippen LogP contribution is 2.09. The van der Waals surface area contributed by atoms with Gasteiger partial charge in [0.1, 0.15) is 18.1 Å². The maximum atomic E-state index is 12.8. The van der Waals surface area contributed by atoms with Crippen molar-refractivity contribution in [2.75, 3.05) is 6.54 Å². The maximum absolute atomic E-state index is 12.8. The van der Waals surface area contributed by atoms with Crippen molar-refractivity contribution in [1.29, 1.82) is 0 Å². The number of aliphatic imine (C=N–C) groups is 1. The highest BCUT2D eigenvalue weighted by atomic mass is 16.4. The van der Waals surface area contributed by atoms with Crippen LogP contribution in [0.3, 0.4) is 0 Å². The Bertz CT molecular complexity index is 846. The second-order valence-corrected chi connectivity index (χ2v) is 8.16. The number of primary amides is 1. The lowest BCUT2D eigenvalue weighted by atomic mass is 9.98. The fourth-order valence-corrected chi connectivity index (χ4v) is 2.93. The minimum atomic E-state index is -1.71. The molecule has 0 fully saturated rings. The first-order valence-electron chi connectivity index (χ1n) is 11.1. The summed E-state index contributed by atoms with van der Waals surface area (Å²) in [7, 11) is 0. The van der Waals surface area contributed by atoms with Crippen LogP contribution in [0.4, 0.5) is 0 Å². The van der Waals surface area contributed by atoms with Gasteiger partial charge >= 0.3 is 11.9 Å². The molecule has 0 aliphatic carbocycles. The third-order valence-corrected chi connectivity index (χ3v) is 5.13. The zero-order valence-electron chi connectivity index (χ0n) is 20.2. The summed E-state index contributed by atoms with van der Waals surface area (Å²) in [4.78, 5) is 75.8. The number of amides is 4. The van der Waals surface area contributed by atoms with Gasteiger partial charge in [-0.05, 0) is 18.8 Å². The summed E-state index contributed by atoms with van der Waals surface area (Å²) in [6.07, 6.45) is -0.715. The normalized spacial score (nSPS) is 14.8. The van der Waals surface area contributed by atoms with Crippen LogP contribution in [0.15, 0.2) is 4.99 Å². The molecule has 0 saturated carbocycles. The molecule has 0 aromatic heterocycles. The van der Waals surface area contributed by atoms with Crippen LogP contribution >= 0.6 is 0 Å². The Morgan fingerprint density at radius 1 is 0.861 bits per heavy atom. The minimum Gasteiger partial charge on any atom is -0.481 e. The summed E-state index contributed by atoms with van der Waals surface area (Å²) < 4.78 is 0. The van der Waals surface area contributed by atoms with E-state index in [1.807, 2.05) is 0 Å². The molecule has 5 atom stereocenters. The number of nitrogens with two attached hydrogens (primary N) is 4. The smallest absolute Gasteiger partial charge is 0.326 e. The van der Waals surface area contributed by atoms with E-state index in [9.17, 15) is 33.9 Å². The molecule has 0 bridgehead atoms. The third-order valence-electron chi connectivity index (χ3n) is 5.13. The molecule has 0 heterocycles. The zero-order chi connectivity index (χ0) is 28.0. The van der Waals surface area contributed by atoms with Gasteiger partial charge in [-0.25, -0.2) is 4.79 Å². The number of guanidine groups is 1. The van der Waals surface area contributed by atoms with Gasteiger partial charge < -0.3 is 49.1 Å². The molecule has 0 aromatic rings. The predicted octanol–water partition coefficient (Wildman–Crippen LogP) is -3.70. The Labute approximate surface area is 207 Å². The van der Waals surface area contributed by atoms with Gasteiger partial charge in [-0.2, -0.15) is 0 Å². The van der Waals surface area contributed by atoms with Crippen molar-refractivity contribution in [2.45, 2.75) is 70.1 Å². The molecule has 4 amide bonds. The van der Waals surface area contributed by atoms with Gasteiger partial charge in [-0.1, -0.05) is 20.3 Å². The van der Waals surface area contributed by atoms with E-state index < -0.39 is 78.5 Å². The number of carboxylic acids is 2. The van der Waals surface area contributed by atoms with Crippen molar-refractivity contribution < 1.29 is 39.0 Å². The van der Waals surface area contributed by atoms with Crippen LogP contribution in [0.25, 0.3) is 0 Å². The number of carbonyl (C=O) groups excluding carboxylic acids is 4. The Morgan fingerprint density at radius 2 is 1.39 bits per heavy atom. The van der Waals surface area contributed by atoms with Crippen LogP contribution in [-0.2, 0) is 28.8 Å². The monoisotopic (exact) mass is 516 g/mol. The lowest BCUT2D eigenvalue weighted by Crippen LogP contribution is -2.58. The zero-order valence-corrected chi connectivity index (χ0v) is 20.2. The Morgan fingerprint density at radius 3 is 1.86 bits per heavy atom. The lowest BCUT2D eigenvalue weighted by molar-refractivity contribution is -0.145. The summed E-state index contributed by atoms with van der Waals surface area (Å²) in [6.45, 7) is 3.48. The number of hydrogen-bond acceptors (Lipinski definition) is 8. The molecular formula is C20H36N8O8. The molecule has 0 aliphatic heterocycles.